The number of nitrogens with one attached hydrogen (secondary N) is 1. The van der Waals surface area contributed by atoms with Crippen LogP contribution in [0.4, 0.5) is 0 Å². The number of fused-ring (bicyclic) bond motifs is 1. The molecular weight excluding hydrogens is 240 g/mol. The topological polar surface area (TPSA) is 41.6 Å². The minimum atomic E-state index is -0.357. The monoisotopic (exact) mass is 262 g/mol. The van der Waals surface area contributed by atoms with E-state index in [0.29, 0.717) is 0 Å². The number of likely N-dealkylation sites (N-methyl/N-ethyl adjacent to an activating group) is 1. The largest absolute Gasteiger partial charge is 0.486 e. The fourth-order valence-corrected chi connectivity index (χ4v) is 2.53. The smallest absolute Gasteiger partial charge is 0.238 e. The second-order valence-corrected chi connectivity index (χ2v) is 5.80. The summed E-state index contributed by atoms with van der Waals surface area (Å²) in [5.41, 5.74) is 0.760. The van der Waals surface area contributed by atoms with Crippen molar-refractivity contribution in [3.05, 3.63) is 29.8 Å². The van der Waals surface area contributed by atoms with Crippen molar-refractivity contribution in [3.8, 4) is 5.75 Å². The Balaban J connectivity index is 2.22. The van der Waals surface area contributed by atoms with Crippen LogP contribution in [0.15, 0.2) is 24.3 Å². The standard InChI is InChI=1S/C15H22N2O2/c1-10(14(18)17(4)5)16-13-11-8-6-7-9-12(11)19-15(13,2)3/h6-10,13,16H,1-5H3. The second kappa shape index (κ2) is 4.85. The highest BCUT2D eigenvalue weighted by atomic mass is 16.5. The van der Waals surface area contributed by atoms with Gasteiger partial charge in [0.25, 0.3) is 0 Å². The molecule has 0 saturated heterocycles. The maximum Gasteiger partial charge on any atom is 0.238 e. The van der Waals surface area contributed by atoms with Crippen molar-refractivity contribution in [1.29, 1.82) is 0 Å². The van der Waals surface area contributed by atoms with Crippen molar-refractivity contribution >= 4 is 5.91 Å². The molecule has 1 heterocycles. The summed E-state index contributed by atoms with van der Waals surface area (Å²) in [6.07, 6.45) is 0. The Morgan fingerprint density at radius 1 is 1.37 bits per heavy atom. The van der Waals surface area contributed by atoms with E-state index in [4.69, 9.17) is 4.74 Å². The number of benzene rings is 1. The summed E-state index contributed by atoms with van der Waals surface area (Å²) in [6, 6.07) is 7.76. The van der Waals surface area contributed by atoms with Gasteiger partial charge < -0.3 is 9.64 Å². The van der Waals surface area contributed by atoms with Crippen LogP contribution in [0, 0.1) is 0 Å². The van der Waals surface area contributed by atoms with Crippen molar-refractivity contribution in [2.75, 3.05) is 14.1 Å². The number of amides is 1. The predicted octanol–water partition coefficient (Wildman–Crippen LogP) is 1.96. The average Bonchev–Trinajstić information content (AvgIpc) is 2.59. The first-order valence-electron chi connectivity index (χ1n) is 6.58. The van der Waals surface area contributed by atoms with Gasteiger partial charge in [-0.05, 0) is 26.8 Å². The molecule has 1 amide bonds. The van der Waals surface area contributed by atoms with Gasteiger partial charge in [-0.2, -0.15) is 0 Å². The molecule has 1 N–H and O–H groups in total. The summed E-state index contributed by atoms with van der Waals surface area (Å²) >= 11 is 0. The van der Waals surface area contributed by atoms with Gasteiger partial charge in [0.15, 0.2) is 0 Å². The van der Waals surface area contributed by atoms with E-state index in [1.807, 2.05) is 39.0 Å². The lowest BCUT2D eigenvalue weighted by Crippen LogP contribution is -2.48. The third-order valence-corrected chi connectivity index (χ3v) is 3.53. The number of ether oxygens (including phenoxy) is 1. The first-order valence-corrected chi connectivity index (χ1v) is 6.58. The predicted molar refractivity (Wildman–Crippen MR) is 75.2 cm³/mol. The van der Waals surface area contributed by atoms with Crippen molar-refractivity contribution in [2.24, 2.45) is 0 Å². The third-order valence-electron chi connectivity index (χ3n) is 3.53. The zero-order chi connectivity index (χ0) is 14.2. The Morgan fingerprint density at radius 3 is 2.63 bits per heavy atom. The van der Waals surface area contributed by atoms with Crippen LogP contribution in [0.3, 0.4) is 0 Å². The van der Waals surface area contributed by atoms with Gasteiger partial charge in [-0.15, -0.1) is 0 Å². The van der Waals surface area contributed by atoms with Crippen molar-refractivity contribution in [1.82, 2.24) is 10.2 Å². The average molecular weight is 262 g/mol. The quantitative estimate of drug-likeness (QED) is 0.905. The van der Waals surface area contributed by atoms with Gasteiger partial charge in [0.2, 0.25) is 5.91 Å². The van der Waals surface area contributed by atoms with Gasteiger partial charge in [0.1, 0.15) is 11.4 Å². The van der Waals surface area contributed by atoms with E-state index in [9.17, 15) is 4.79 Å². The normalized spacial score (nSPS) is 21.4. The number of para-hydroxylation sites is 1. The molecule has 2 atom stereocenters. The van der Waals surface area contributed by atoms with E-state index >= 15 is 0 Å². The first-order chi connectivity index (χ1) is 8.83. The molecule has 1 aromatic rings. The third kappa shape index (κ3) is 2.59. The lowest BCUT2D eigenvalue weighted by Gasteiger charge is -2.30. The van der Waals surface area contributed by atoms with E-state index in [1.165, 1.54) is 0 Å². The van der Waals surface area contributed by atoms with Crippen LogP contribution in [-0.2, 0) is 4.79 Å². The molecule has 0 spiro atoms. The molecule has 4 nitrogen and oxygen atoms in total. The number of carbonyl (C=O) groups excluding carboxylic acids is 1. The van der Waals surface area contributed by atoms with Gasteiger partial charge in [-0.1, -0.05) is 18.2 Å². The molecule has 1 aliphatic rings. The Labute approximate surface area is 114 Å². The maximum atomic E-state index is 12.0. The number of carbonyl (C=O) groups is 1. The maximum absolute atomic E-state index is 12.0. The summed E-state index contributed by atoms with van der Waals surface area (Å²) in [6.45, 7) is 5.97. The highest BCUT2D eigenvalue weighted by Gasteiger charge is 2.42. The van der Waals surface area contributed by atoms with Crippen LogP contribution in [-0.4, -0.2) is 36.5 Å². The minimum Gasteiger partial charge on any atom is -0.486 e. The SMILES string of the molecule is CC(NC1c2ccccc2OC1(C)C)C(=O)N(C)C. The van der Waals surface area contributed by atoms with E-state index in [0.717, 1.165) is 11.3 Å². The van der Waals surface area contributed by atoms with Crippen LogP contribution in [0.5, 0.6) is 5.75 Å². The van der Waals surface area contributed by atoms with E-state index in [2.05, 4.69) is 11.4 Å². The molecule has 0 saturated carbocycles. The van der Waals surface area contributed by atoms with Gasteiger partial charge in [0.05, 0.1) is 12.1 Å². The molecule has 0 aliphatic carbocycles. The minimum absolute atomic E-state index is 0.0163. The molecular formula is C15H22N2O2. The molecule has 1 aliphatic heterocycles. The summed E-state index contributed by atoms with van der Waals surface area (Å²) in [5, 5.41) is 3.39. The van der Waals surface area contributed by atoms with Crippen molar-refractivity contribution in [2.45, 2.75) is 38.5 Å². The number of hydrogen-bond acceptors (Lipinski definition) is 3. The fraction of sp³-hybridized carbons (Fsp3) is 0.533. The van der Waals surface area contributed by atoms with Crippen LogP contribution >= 0.6 is 0 Å². The summed E-state index contributed by atoms with van der Waals surface area (Å²) in [4.78, 5) is 13.6. The molecule has 104 valence electrons. The molecule has 0 fully saturated rings. The molecule has 0 aromatic heterocycles. The Hall–Kier alpha value is -1.55. The number of nitrogens with zero attached hydrogens (tertiary/aromatic N) is 1. The van der Waals surface area contributed by atoms with Gasteiger partial charge >= 0.3 is 0 Å². The van der Waals surface area contributed by atoms with Crippen molar-refractivity contribution < 1.29 is 9.53 Å². The van der Waals surface area contributed by atoms with Crippen LogP contribution in [0.1, 0.15) is 32.4 Å². The zero-order valence-corrected chi connectivity index (χ0v) is 12.2. The molecule has 2 rings (SSSR count). The molecule has 1 aromatic carbocycles. The fourth-order valence-electron chi connectivity index (χ4n) is 2.53. The van der Waals surface area contributed by atoms with Crippen LogP contribution in [0.25, 0.3) is 0 Å². The van der Waals surface area contributed by atoms with Crippen LogP contribution in [0.2, 0.25) is 0 Å². The molecule has 2 unspecified atom stereocenters. The lowest BCUT2D eigenvalue weighted by molar-refractivity contribution is -0.130. The van der Waals surface area contributed by atoms with E-state index < -0.39 is 0 Å². The summed E-state index contributed by atoms with van der Waals surface area (Å²) in [5.74, 6) is 0.967. The van der Waals surface area contributed by atoms with Gasteiger partial charge in [-0.3, -0.25) is 10.1 Å². The molecule has 0 radical (unpaired) electrons. The van der Waals surface area contributed by atoms with E-state index in [-0.39, 0.29) is 23.6 Å². The zero-order valence-electron chi connectivity index (χ0n) is 12.2. The number of rotatable bonds is 3. The molecule has 19 heavy (non-hydrogen) atoms. The van der Waals surface area contributed by atoms with Gasteiger partial charge in [-0.25, -0.2) is 0 Å². The Morgan fingerprint density at radius 2 is 2.00 bits per heavy atom. The molecule has 0 bridgehead atoms. The second-order valence-electron chi connectivity index (χ2n) is 5.80. The highest BCUT2D eigenvalue weighted by molar-refractivity contribution is 5.81. The highest BCUT2D eigenvalue weighted by Crippen LogP contribution is 2.42. The van der Waals surface area contributed by atoms with Crippen molar-refractivity contribution in [3.63, 3.8) is 0 Å². The first kappa shape index (κ1) is 13.9. The molecule has 4 heteroatoms. The van der Waals surface area contributed by atoms with Gasteiger partial charge in [0, 0.05) is 19.7 Å². The lowest BCUT2D eigenvalue weighted by atomic mass is 9.93. The Bertz CT molecular complexity index is 483. The van der Waals surface area contributed by atoms with E-state index in [1.54, 1.807) is 19.0 Å². The summed E-state index contributed by atoms with van der Waals surface area (Å²) < 4.78 is 5.96. The Kier molecular flexibility index (Phi) is 3.54. The summed E-state index contributed by atoms with van der Waals surface area (Å²) in [7, 11) is 3.54. The number of hydrogen-bond donors (Lipinski definition) is 1. The van der Waals surface area contributed by atoms with Crippen LogP contribution < -0.4 is 10.1 Å².